The standard InChI is InChI=1S/C20H27FN4O2S/c1-14(2)28(26,27)22-13-15-3-9-18(10-4-15)23-20-12-11-19(24-25-20)16-5-7-17(21)8-6-16/h5-8,11-12,14-15,18,22H,3-4,9-10,13H2,1-2H3,(H,23,25)/t15-,18-. The van der Waals surface area contributed by atoms with Crippen LogP contribution < -0.4 is 10.0 Å². The van der Waals surface area contributed by atoms with Crippen LogP contribution >= 0.6 is 0 Å². The van der Waals surface area contributed by atoms with Gasteiger partial charge in [0.1, 0.15) is 11.6 Å². The second-order valence-corrected chi connectivity index (χ2v) is 9.94. The molecule has 1 heterocycles. The van der Waals surface area contributed by atoms with Gasteiger partial charge in [0.25, 0.3) is 0 Å². The van der Waals surface area contributed by atoms with E-state index in [1.807, 2.05) is 12.1 Å². The SMILES string of the molecule is CC(C)S(=O)(=O)NC[C@H]1CC[C@H](Nc2ccc(-c3ccc(F)cc3)nn2)CC1. The van der Waals surface area contributed by atoms with Gasteiger partial charge >= 0.3 is 0 Å². The number of benzene rings is 1. The van der Waals surface area contributed by atoms with Crippen molar-refractivity contribution in [1.82, 2.24) is 14.9 Å². The number of aromatic nitrogens is 2. The van der Waals surface area contributed by atoms with Crippen LogP contribution in [0, 0.1) is 11.7 Å². The molecule has 1 aromatic carbocycles. The van der Waals surface area contributed by atoms with Crippen LogP contribution in [0.3, 0.4) is 0 Å². The summed E-state index contributed by atoms with van der Waals surface area (Å²) >= 11 is 0. The lowest BCUT2D eigenvalue weighted by Gasteiger charge is -2.29. The van der Waals surface area contributed by atoms with Crippen LogP contribution in [0.25, 0.3) is 11.3 Å². The fourth-order valence-corrected chi connectivity index (χ4v) is 4.11. The minimum absolute atomic E-state index is 0.275. The molecule has 0 saturated heterocycles. The molecule has 1 fully saturated rings. The molecule has 1 aliphatic carbocycles. The van der Waals surface area contributed by atoms with Gasteiger partial charge in [-0.05, 0) is 81.8 Å². The summed E-state index contributed by atoms with van der Waals surface area (Å²) < 4.78 is 39.5. The monoisotopic (exact) mass is 406 g/mol. The molecule has 0 atom stereocenters. The van der Waals surface area contributed by atoms with E-state index in [-0.39, 0.29) is 5.82 Å². The molecular weight excluding hydrogens is 379 g/mol. The summed E-state index contributed by atoms with van der Waals surface area (Å²) in [5.41, 5.74) is 1.52. The van der Waals surface area contributed by atoms with E-state index in [4.69, 9.17) is 0 Å². The Hall–Kier alpha value is -2.06. The zero-order chi connectivity index (χ0) is 20.1. The van der Waals surface area contributed by atoms with Crippen molar-refractivity contribution >= 4 is 15.8 Å². The van der Waals surface area contributed by atoms with Gasteiger partial charge in [-0.3, -0.25) is 0 Å². The molecule has 1 aliphatic rings. The summed E-state index contributed by atoms with van der Waals surface area (Å²) in [7, 11) is -3.19. The van der Waals surface area contributed by atoms with Crippen LogP contribution in [0.5, 0.6) is 0 Å². The molecule has 0 spiro atoms. The van der Waals surface area contributed by atoms with Crippen molar-refractivity contribution in [2.24, 2.45) is 5.92 Å². The fourth-order valence-electron chi connectivity index (χ4n) is 3.30. The average Bonchev–Trinajstić information content (AvgIpc) is 2.69. The number of sulfonamides is 1. The zero-order valence-corrected chi connectivity index (χ0v) is 17.0. The third-order valence-electron chi connectivity index (χ3n) is 5.20. The topological polar surface area (TPSA) is 84.0 Å². The van der Waals surface area contributed by atoms with Crippen molar-refractivity contribution in [2.45, 2.75) is 50.8 Å². The Kier molecular flexibility index (Phi) is 6.61. The predicted molar refractivity (Wildman–Crippen MR) is 109 cm³/mol. The molecule has 6 nitrogen and oxygen atoms in total. The van der Waals surface area contributed by atoms with E-state index in [1.165, 1.54) is 12.1 Å². The first kappa shape index (κ1) is 20.7. The van der Waals surface area contributed by atoms with Crippen LogP contribution in [0.4, 0.5) is 10.2 Å². The van der Waals surface area contributed by atoms with Gasteiger partial charge in [0, 0.05) is 18.2 Å². The first-order valence-corrected chi connectivity index (χ1v) is 11.2. The molecular formula is C20H27FN4O2S. The third-order valence-corrected chi connectivity index (χ3v) is 7.01. The lowest BCUT2D eigenvalue weighted by molar-refractivity contribution is 0.336. The van der Waals surface area contributed by atoms with Gasteiger partial charge in [0.05, 0.1) is 10.9 Å². The van der Waals surface area contributed by atoms with Gasteiger partial charge < -0.3 is 5.32 Å². The highest BCUT2D eigenvalue weighted by Crippen LogP contribution is 2.26. The Morgan fingerprint density at radius 1 is 1.04 bits per heavy atom. The van der Waals surface area contributed by atoms with Gasteiger partial charge in [-0.1, -0.05) is 0 Å². The fraction of sp³-hybridized carbons (Fsp3) is 0.500. The molecule has 0 amide bonds. The number of anilines is 1. The molecule has 2 aromatic rings. The zero-order valence-electron chi connectivity index (χ0n) is 16.2. The van der Waals surface area contributed by atoms with E-state index >= 15 is 0 Å². The van der Waals surface area contributed by atoms with E-state index in [0.717, 1.165) is 37.1 Å². The Morgan fingerprint density at radius 2 is 1.71 bits per heavy atom. The molecule has 3 rings (SSSR count). The number of hydrogen-bond acceptors (Lipinski definition) is 5. The highest BCUT2D eigenvalue weighted by Gasteiger charge is 2.24. The first-order chi connectivity index (χ1) is 13.3. The summed E-state index contributed by atoms with van der Waals surface area (Å²) in [6, 6.07) is 10.2. The summed E-state index contributed by atoms with van der Waals surface area (Å²) in [5.74, 6) is 0.816. The van der Waals surface area contributed by atoms with Crippen molar-refractivity contribution < 1.29 is 12.8 Å². The number of nitrogens with zero attached hydrogens (tertiary/aromatic N) is 2. The van der Waals surface area contributed by atoms with E-state index in [0.29, 0.717) is 24.2 Å². The van der Waals surface area contributed by atoms with Crippen molar-refractivity contribution in [3.8, 4) is 11.3 Å². The Bertz CT molecular complexity index is 862. The summed E-state index contributed by atoms with van der Waals surface area (Å²) in [6.45, 7) is 3.89. The highest BCUT2D eigenvalue weighted by atomic mass is 32.2. The number of nitrogens with one attached hydrogen (secondary N) is 2. The summed E-state index contributed by atoms with van der Waals surface area (Å²) in [4.78, 5) is 0. The molecule has 0 aliphatic heterocycles. The number of halogens is 1. The highest BCUT2D eigenvalue weighted by molar-refractivity contribution is 7.90. The van der Waals surface area contributed by atoms with Crippen LogP contribution in [0.2, 0.25) is 0 Å². The Labute approximate surface area is 166 Å². The molecule has 152 valence electrons. The quantitative estimate of drug-likeness (QED) is 0.734. The maximum absolute atomic E-state index is 13.0. The molecule has 28 heavy (non-hydrogen) atoms. The van der Waals surface area contributed by atoms with Gasteiger partial charge in [-0.2, -0.15) is 0 Å². The molecule has 2 N–H and O–H groups in total. The first-order valence-electron chi connectivity index (χ1n) is 9.68. The number of hydrogen-bond donors (Lipinski definition) is 2. The smallest absolute Gasteiger partial charge is 0.213 e. The van der Waals surface area contributed by atoms with Gasteiger partial charge in [0.15, 0.2) is 0 Å². The maximum Gasteiger partial charge on any atom is 0.213 e. The largest absolute Gasteiger partial charge is 0.366 e. The molecule has 8 heteroatoms. The van der Waals surface area contributed by atoms with Crippen molar-refractivity contribution in [2.75, 3.05) is 11.9 Å². The Balaban J connectivity index is 1.47. The predicted octanol–water partition coefficient (Wildman–Crippen LogP) is 3.58. The summed E-state index contributed by atoms with van der Waals surface area (Å²) in [5, 5.41) is 11.5. The molecule has 1 aromatic heterocycles. The van der Waals surface area contributed by atoms with Crippen LogP contribution in [-0.4, -0.2) is 36.5 Å². The van der Waals surface area contributed by atoms with Gasteiger partial charge in [-0.15, -0.1) is 10.2 Å². The number of rotatable bonds is 7. The lowest BCUT2D eigenvalue weighted by Crippen LogP contribution is -2.37. The van der Waals surface area contributed by atoms with Crippen molar-refractivity contribution in [1.29, 1.82) is 0 Å². The normalized spacial score (nSPS) is 20.3. The van der Waals surface area contributed by atoms with E-state index < -0.39 is 15.3 Å². The lowest BCUT2D eigenvalue weighted by atomic mass is 9.86. The van der Waals surface area contributed by atoms with E-state index in [2.05, 4.69) is 20.2 Å². The second kappa shape index (κ2) is 8.96. The molecule has 1 saturated carbocycles. The van der Waals surface area contributed by atoms with Crippen LogP contribution in [0.1, 0.15) is 39.5 Å². The van der Waals surface area contributed by atoms with Crippen molar-refractivity contribution in [3.63, 3.8) is 0 Å². The molecule has 0 radical (unpaired) electrons. The van der Waals surface area contributed by atoms with Crippen LogP contribution in [0.15, 0.2) is 36.4 Å². The van der Waals surface area contributed by atoms with Crippen LogP contribution in [-0.2, 0) is 10.0 Å². The maximum atomic E-state index is 13.0. The average molecular weight is 407 g/mol. The third kappa shape index (κ3) is 5.48. The van der Waals surface area contributed by atoms with Gasteiger partial charge in [0.2, 0.25) is 10.0 Å². The molecule has 0 unspecified atom stereocenters. The van der Waals surface area contributed by atoms with E-state index in [9.17, 15) is 12.8 Å². The minimum atomic E-state index is -3.19. The van der Waals surface area contributed by atoms with Crippen molar-refractivity contribution in [3.05, 3.63) is 42.2 Å². The molecule has 0 bridgehead atoms. The second-order valence-electron chi connectivity index (χ2n) is 7.61. The summed E-state index contributed by atoms with van der Waals surface area (Å²) in [6.07, 6.45) is 3.88. The minimum Gasteiger partial charge on any atom is -0.366 e. The van der Waals surface area contributed by atoms with E-state index in [1.54, 1.807) is 26.0 Å². The Morgan fingerprint density at radius 3 is 2.29 bits per heavy atom. The van der Waals surface area contributed by atoms with Gasteiger partial charge in [-0.25, -0.2) is 17.5 Å².